The molecule has 0 bridgehead atoms. The van der Waals surface area contributed by atoms with Crippen molar-refractivity contribution in [2.75, 3.05) is 25.9 Å². The maximum Gasteiger partial charge on any atom is 0.238 e. The Morgan fingerprint density at radius 3 is 2.30 bits per heavy atom. The minimum absolute atomic E-state index is 0.147. The Balaban J connectivity index is 2.39. The van der Waals surface area contributed by atoms with Gasteiger partial charge in [0.2, 0.25) is 5.91 Å². The van der Waals surface area contributed by atoms with Gasteiger partial charge in [-0.1, -0.05) is 57.9 Å². The lowest BCUT2D eigenvalue weighted by atomic mass is 10.1. The van der Waals surface area contributed by atoms with Crippen molar-refractivity contribution in [3.63, 3.8) is 0 Å². The second-order valence-electron chi connectivity index (χ2n) is 7.87. The number of likely N-dealkylation sites (N-methyl/N-ethyl adjacent to an activating group) is 1. The highest BCUT2D eigenvalue weighted by Gasteiger charge is 2.30. The first-order valence-corrected chi connectivity index (χ1v) is 13.0. The van der Waals surface area contributed by atoms with E-state index >= 15 is 0 Å². The van der Waals surface area contributed by atoms with Crippen LogP contribution in [0, 0.1) is 0 Å². The Morgan fingerprint density at radius 1 is 1.03 bits per heavy atom. The van der Waals surface area contributed by atoms with Crippen LogP contribution in [0.1, 0.15) is 64.0 Å². The summed E-state index contributed by atoms with van der Waals surface area (Å²) in [7, 11) is -1.68. The van der Waals surface area contributed by atoms with E-state index < -0.39 is 15.9 Å². The van der Waals surface area contributed by atoms with E-state index in [1.807, 2.05) is 13.8 Å². The van der Waals surface area contributed by atoms with Gasteiger partial charge in [-0.3, -0.25) is 4.79 Å². The lowest BCUT2D eigenvalue weighted by molar-refractivity contribution is -0.122. The summed E-state index contributed by atoms with van der Waals surface area (Å²) in [5.74, 6) is -0.394. The molecule has 0 unspecified atom stereocenters. The number of amides is 1. The van der Waals surface area contributed by atoms with E-state index in [4.69, 9.17) is 0 Å². The summed E-state index contributed by atoms with van der Waals surface area (Å²) >= 11 is 0. The SMILES string of the molecule is CCCC(CCC)S(=O)(=O)C[C@@H](NC)C(=O)NCCCNCc1cccc(CC)c1. The minimum Gasteiger partial charge on any atom is -0.355 e. The van der Waals surface area contributed by atoms with Gasteiger partial charge in [-0.25, -0.2) is 8.42 Å². The maximum atomic E-state index is 12.7. The topological polar surface area (TPSA) is 87.3 Å². The first kappa shape index (κ1) is 26.6. The zero-order valence-electron chi connectivity index (χ0n) is 19.2. The molecule has 1 aromatic carbocycles. The molecule has 7 heteroatoms. The van der Waals surface area contributed by atoms with Crippen LogP contribution in [0.25, 0.3) is 0 Å². The molecule has 1 rings (SSSR count). The van der Waals surface area contributed by atoms with E-state index in [-0.39, 0.29) is 16.9 Å². The maximum absolute atomic E-state index is 12.7. The minimum atomic E-state index is -3.31. The number of sulfone groups is 1. The third-order valence-corrected chi connectivity index (χ3v) is 7.64. The average Bonchev–Trinajstić information content (AvgIpc) is 2.74. The van der Waals surface area contributed by atoms with Crippen molar-refractivity contribution >= 4 is 15.7 Å². The van der Waals surface area contributed by atoms with Crippen LogP contribution in [-0.4, -0.2) is 51.5 Å². The average molecular weight is 440 g/mol. The molecule has 0 aliphatic carbocycles. The van der Waals surface area contributed by atoms with E-state index in [1.165, 1.54) is 11.1 Å². The van der Waals surface area contributed by atoms with Crippen LogP contribution in [-0.2, 0) is 27.6 Å². The molecule has 0 radical (unpaired) electrons. The summed E-state index contributed by atoms with van der Waals surface area (Å²) in [6.45, 7) is 8.24. The van der Waals surface area contributed by atoms with Crippen LogP contribution < -0.4 is 16.0 Å². The van der Waals surface area contributed by atoms with Gasteiger partial charge >= 0.3 is 0 Å². The standard InChI is InChI=1S/C23H41N3O3S/c1-5-10-21(11-6-2)30(28,29)18-22(24-4)23(27)26-15-9-14-25-17-20-13-8-12-19(7-3)16-20/h8,12-13,16,21-22,24-25H,5-7,9-11,14-15,17-18H2,1-4H3,(H,26,27)/t22-/m1/s1. The summed E-state index contributed by atoms with van der Waals surface area (Å²) < 4.78 is 25.5. The Kier molecular flexibility index (Phi) is 12.9. The fraction of sp³-hybridized carbons (Fsp3) is 0.696. The highest BCUT2D eigenvalue weighted by Crippen LogP contribution is 2.16. The molecule has 30 heavy (non-hydrogen) atoms. The molecule has 172 valence electrons. The third-order valence-electron chi connectivity index (χ3n) is 5.35. The number of carbonyl (C=O) groups excluding carboxylic acids is 1. The number of nitrogens with one attached hydrogen (secondary N) is 3. The summed E-state index contributed by atoms with van der Waals surface area (Å²) in [6, 6.07) is 7.81. The Hall–Kier alpha value is -1.44. The molecular formula is C23H41N3O3S. The molecular weight excluding hydrogens is 398 g/mol. The highest BCUT2D eigenvalue weighted by atomic mass is 32.2. The number of hydrogen-bond acceptors (Lipinski definition) is 5. The molecule has 1 amide bonds. The molecule has 0 saturated carbocycles. The van der Waals surface area contributed by atoms with Gasteiger partial charge in [-0.05, 0) is 50.4 Å². The Labute approximate surface area is 183 Å². The molecule has 3 N–H and O–H groups in total. The number of aryl methyl sites for hydroxylation is 1. The monoisotopic (exact) mass is 439 g/mol. The van der Waals surface area contributed by atoms with Crippen LogP contribution in [0.5, 0.6) is 0 Å². The van der Waals surface area contributed by atoms with Crippen molar-refractivity contribution in [1.29, 1.82) is 0 Å². The third kappa shape index (κ3) is 9.58. The molecule has 0 aromatic heterocycles. The molecule has 1 atom stereocenters. The first-order valence-electron chi connectivity index (χ1n) is 11.3. The van der Waals surface area contributed by atoms with Crippen molar-refractivity contribution < 1.29 is 13.2 Å². The van der Waals surface area contributed by atoms with Crippen LogP contribution >= 0.6 is 0 Å². The van der Waals surface area contributed by atoms with Crippen LogP contribution in [0.15, 0.2) is 24.3 Å². The van der Waals surface area contributed by atoms with Gasteiger partial charge in [0.25, 0.3) is 0 Å². The van der Waals surface area contributed by atoms with Crippen molar-refractivity contribution in [2.24, 2.45) is 0 Å². The predicted molar refractivity (Wildman–Crippen MR) is 125 cm³/mol. The van der Waals surface area contributed by atoms with Crippen molar-refractivity contribution in [3.8, 4) is 0 Å². The summed E-state index contributed by atoms with van der Waals surface area (Å²) in [5, 5.41) is 8.78. The molecule has 6 nitrogen and oxygen atoms in total. The van der Waals surface area contributed by atoms with Gasteiger partial charge in [0.15, 0.2) is 9.84 Å². The molecule has 0 heterocycles. The quantitative estimate of drug-likeness (QED) is 0.345. The van der Waals surface area contributed by atoms with E-state index in [0.29, 0.717) is 19.4 Å². The highest BCUT2D eigenvalue weighted by molar-refractivity contribution is 7.92. The van der Waals surface area contributed by atoms with Gasteiger partial charge in [0, 0.05) is 13.1 Å². The van der Waals surface area contributed by atoms with Crippen LogP contribution in [0.2, 0.25) is 0 Å². The van der Waals surface area contributed by atoms with Crippen molar-refractivity contribution in [1.82, 2.24) is 16.0 Å². The lowest BCUT2D eigenvalue weighted by Gasteiger charge is -2.21. The predicted octanol–water partition coefficient (Wildman–Crippen LogP) is 2.82. The van der Waals surface area contributed by atoms with Gasteiger partial charge in [0.05, 0.1) is 11.0 Å². The second-order valence-corrected chi connectivity index (χ2v) is 10.2. The summed E-state index contributed by atoms with van der Waals surface area (Å²) in [5.41, 5.74) is 2.59. The second kappa shape index (κ2) is 14.5. The van der Waals surface area contributed by atoms with Crippen LogP contribution in [0.3, 0.4) is 0 Å². The molecule has 0 aliphatic rings. The largest absolute Gasteiger partial charge is 0.355 e. The fourth-order valence-electron chi connectivity index (χ4n) is 3.55. The molecule has 0 aliphatic heterocycles. The van der Waals surface area contributed by atoms with E-state index in [0.717, 1.165) is 38.8 Å². The van der Waals surface area contributed by atoms with E-state index in [2.05, 4.69) is 47.1 Å². The van der Waals surface area contributed by atoms with Gasteiger partial charge in [-0.2, -0.15) is 0 Å². The molecule has 0 fully saturated rings. The van der Waals surface area contributed by atoms with Gasteiger partial charge in [-0.15, -0.1) is 0 Å². The molecule has 0 spiro atoms. The normalized spacial score (nSPS) is 12.8. The summed E-state index contributed by atoms with van der Waals surface area (Å²) in [4.78, 5) is 12.5. The number of hydrogen-bond donors (Lipinski definition) is 3. The molecule has 1 aromatic rings. The summed E-state index contributed by atoms with van der Waals surface area (Å²) in [6.07, 6.45) is 4.78. The number of rotatable bonds is 16. The smallest absolute Gasteiger partial charge is 0.238 e. The van der Waals surface area contributed by atoms with Gasteiger partial charge in [0.1, 0.15) is 6.04 Å². The Bertz CT molecular complexity index is 716. The van der Waals surface area contributed by atoms with Crippen LogP contribution in [0.4, 0.5) is 0 Å². The number of carbonyl (C=O) groups is 1. The lowest BCUT2D eigenvalue weighted by Crippen LogP contribution is -2.48. The zero-order chi connectivity index (χ0) is 22.4. The van der Waals surface area contributed by atoms with Crippen molar-refractivity contribution in [2.45, 2.75) is 77.1 Å². The first-order chi connectivity index (χ1) is 14.4. The van der Waals surface area contributed by atoms with Crippen molar-refractivity contribution in [3.05, 3.63) is 35.4 Å². The van der Waals surface area contributed by atoms with E-state index in [9.17, 15) is 13.2 Å². The fourth-order valence-corrected chi connectivity index (χ4v) is 5.79. The number of benzene rings is 1. The zero-order valence-corrected chi connectivity index (χ0v) is 20.0. The Morgan fingerprint density at radius 2 is 1.70 bits per heavy atom. The molecule has 0 saturated heterocycles. The van der Waals surface area contributed by atoms with E-state index in [1.54, 1.807) is 7.05 Å². The van der Waals surface area contributed by atoms with Gasteiger partial charge < -0.3 is 16.0 Å².